The highest BCUT2D eigenvalue weighted by Crippen LogP contribution is 2.21. The first-order valence-corrected chi connectivity index (χ1v) is 5.05. The first kappa shape index (κ1) is 10.3. The minimum atomic E-state index is 0.543. The fourth-order valence-corrected chi connectivity index (χ4v) is 1.61. The van der Waals surface area contributed by atoms with Crippen LogP contribution < -0.4 is 5.32 Å². The van der Waals surface area contributed by atoms with E-state index in [0.717, 1.165) is 5.56 Å². The Morgan fingerprint density at radius 1 is 1.33 bits per heavy atom. The normalized spacial score (nSPS) is 10.3. The van der Waals surface area contributed by atoms with Crippen LogP contribution in [0.15, 0.2) is 24.5 Å². The monoisotopic (exact) mass is 242 g/mol. The van der Waals surface area contributed by atoms with E-state index in [1.165, 1.54) is 6.33 Å². The number of aromatic nitrogens is 3. The van der Waals surface area contributed by atoms with Crippen LogP contribution in [0.2, 0.25) is 10.0 Å². The fraction of sp³-hybridized carbons (Fsp3) is 0.111. The largest absolute Gasteiger partial charge is 0.349 e. The van der Waals surface area contributed by atoms with Crippen LogP contribution in [0.25, 0.3) is 0 Å². The summed E-state index contributed by atoms with van der Waals surface area (Å²) in [4.78, 5) is 3.93. The molecule has 1 heterocycles. The summed E-state index contributed by atoms with van der Waals surface area (Å²) in [5.74, 6) is 0.543. The van der Waals surface area contributed by atoms with Crippen molar-refractivity contribution in [2.24, 2.45) is 0 Å². The molecule has 1 aromatic heterocycles. The molecule has 0 atom stereocenters. The summed E-state index contributed by atoms with van der Waals surface area (Å²) in [7, 11) is 0. The van der Waals surface area contributed by atoms with Gasteiger partial charge in [-0.2, -0.15) is 0 Å². The zero-order valence-electron chi connectivity index (χ0n) is 7.67. The van der Waals surface area contributed by atoms with Gasteiger partial charge in [-0.05, 0) is 17.7 Å². The zero-order valence-corrected chi connectivity index (χ0v) is 9.18. The van der Waals surface area contributed by atoms with Gasteiger partial charge in [0.15, 0.2) is 0 Å². The molecular formula is C9H8Cl2N4. The van der Waals surface area contributed by atoms with Crippen molar-refractivity contribution in [3.8, 4) is 0 Å². The van der Waals surface area contributed by atoms with Gasteiger partial charge in [0, 0.05) is 16.6 Å². The van der Waals surface area contributed by atoms with Gasteiger partial charge in [0.05, 0.1) is 0 Å². The van der Waals surface area contributed by atoms with Gasteiger partial charge in [-0.25, -0.2) is 4.98 Å². The van der Waals surface area contributed by atoms with Crippen LogP contribution in [-0.2, 0) is 6.54 Å². The topological polar surface area (TPSA) is 53.6 Å². The molecule has 0 spiro atoms. The molecule has 2 aromatic rings. The number of hydrogen-bond donors (Lipinski definition) is 2. The first-order chi connectivity index (χ1) is 7.25. The van der Waals surface area contributed by atoms with E-state index >= 15 is 0 Å². The van der Waals surface area contributed by atoms with Crippen LogP contribution in [0.5, 0.6) is 0 Å². The maximum Gasteiger partial charge on any atom is 0.242 e. The number of anilines is 1. The average molecular weight is 243 g/mol. The summed E-state index contributed by atoms with van der Waals surface area (Å²) in [5, 5.41) is 10.8. The third kappa shape index (κ3) is 2.61. The third-order valence-corrected chi connectivity index (χ3v) is 2.45. The Bertz CT molecular complexity index is 441. The molecule has 1 aromatic carbocycles. The van der Waals surface area contributed by atoms with Gasteiger partial charge in [-0.1, -0.05) is 29.3 Å². The Kier molecular flexibility index (Phi) is 3.08. The lowest BCUT2D eigenvalue weighted by molar-refractivity contribution is 1.04. The second-order valence-electron chi connectivity index (χ2n) is 2.91. The van der Waals surface area contributed by atoms with E-state index in [4.69, 9.17) is 23.2 Å². The van der Waals surface area contributed by atoms with Crippen LogP contribution in [0.1, 0.15) is 5.56 Å². The van der Waals surface area contributed by atoms with Gasteiger partial charge >= 0.3 is 0 Å². The van der Waals surface area contributed by atoms with E-state index in [2.05, 4.69) is 20.5 Å². The smallest absolute Gasteiger partial charge is 0.242 e. The highest BCUT2D eigenvalue weighted by Gasteiger charge is 2.02. The summed E-state index contributed by atoms with van der Waals surface area (Å²) in [5.41, 5.74) is 0.950. The SMILES string of the molecule is Clc1ccc(CNc2nc[nH]n2)c(Cl)c1. The summed E-state index contributed by atoms with van der Waals surface area (Å²) in [6, 6.07) is 5.37. The molecule has 0 unspecified atom stereocenters. The second-order valence-corrected chi connectivity index (χ2v) is 3.76. The Labute approximate surface area is 96.6 Å². The van der Waals surface area contributed by atoms with Crippen molar-refractivity contribution in [3.05, 3.63) is 40.1 Å². The molecule has 0 bridgehead atoms. The van der Waals surface area contributed by atoms with Crippen LogP contribution in [0.3, 0.4) is 0 Å². The van der Waals surface area contributed by atoms with Gasteiger partial charge in [0.2, 0.25) is 5.95 Å². The van der Waals surface area contributed by atoms with E-state index in [1.807, 2.05) is 6.07 Å². The number of rotatable bonds is 3. The van der Waals surface area contributed by atoms with Crippen molar-refractivity contribution in [1.29, 1.82) is 0 Å². The maximum absolute atomic E-state index is 6.00. The molecule has 0 saturated heterocycles. The Morgan fingerprint density at radius 3 is 2.87 bits per heavy atom. The summed E-state index contributed by atoms with van der Waals surface area (Å²) < 4.78 is 0. The highest BCUT2D eigenvalue weighted by molar-refractivity contribution is 6.35. The predicted octanol–water partition coefficient (Wildman–Crippen LogP) is 2.72. The van der Waals surface area contributed by atoms with E-state index < -0.39 is 0 Å². The first-order valence-electron chi connectivity index (χ1n) is 4.29. The van der Waals surface area contributed by atoms with Gasteiger partial charge in [-0.3, -0.25) is 5.10 Å². The van der Waals surface area contributed by atoms with Gasteiger partial charge in [0.1, 0.15) is 6.33 Å². The number of hydrogen-bond acceptors (Lipinski definition) is 3. The predicted molar refractivity (Wildman–Crippen MR) is 60.2 cm³/mol. The summed E-state index contributed by atoms with van der Waals surface area (Å²) in [6.45, 7) is 0.563. The van der Waals surface area contributed by atoms with Crippen molar-refractivity contribution < 1.29 is 0 Å². The molecule has 4 nitrogen and oxygen atoms in total. The zero-order chi connectivity index (χ0) is 10.7. The standard InChI is InChI=1S/C9H8Cl2N4/c10-7-2-1-6(8(11)3-7)4-12-9-13-5-14-15-9/h1-3,5H,4H2,(H2,12,13,14,15). The van der Waals surface area contributed by atoms with Gasteiger partial charge in [0.25, 0.3) is 0 Å². The molecule has 78 valence electrons. The van der Waals surface area contributed by atoms with E-state index in [1.54, 1.807) is 12.1 Å². The molecule has 2 N–H and O–H groups in total. The Hall–Kier alpha value is -1.26. The van der Waals surface area contributed by atoms with Crippen molar-refractivity contribution in [2.45, 2.75) is 6.54 Å². The molecule has 0 radical (unpaired) electrons. The number of nitrogens with one attached hydrogen (secondary N) is 2. The van der Waals surface area contributed by atoms with Crippen molar-refractivity contribution >= 4 is 29.2 Å². The molecule has 0 aliphatic heterocycles. The molecule has 0 amide bonds. The molecule has 0 fully saturated rings. The molecule has 0 aliphatic rings. The van der Waals surface area contributed by atoms with Crippen LogP contribution in [0, 0.1) is 0 Å². The third-order valence-electron chi connectivity index (χ3n) is 1.87. The van der Waals surface area contributed by atoms with Crippen LogP contribution in [0.4, 0.5) is 5.95 Å². The van der Waals surface area contributed by atoms with E-state index in [0.29, 0.717) is 22.5 Å². The van der Waals surface area contributed by atoms with Crippen LogP contribution >= 0.6 is 23.2 Å². The molecule has 6 heteroatoms. The quantitative estimate of drug-likeness (QED) is 0.871. The van der Waals surface area contributed by atoms with E-state index in [-0.39, 0.29) is 0 Å². The minimum Gasteiger partial charge on any atom is -0.349 e. The molecule has 15 heavy (non-hydrogen) atoms. The molecule has 0 saturated carbocycles. The lowest BCUT2D eigenvalue weighted by Crippen LogP contribution is -2.01. The lowest BCUT2D eigenvalue weighted by Gasteiger charge is -2.04. The number of H-pyrrole nitrogens is 1. The maximum atomic E-state index is 6.00. The van der Waals surface area contributed by atoms with Crippen molar-refractivity contribution in [2.75, 3.05) is 5.32 Å². The summed E-state index contributed by atoms with van der Waals surface area (Å²) in [6.07, 6.45) is 1.51. The van der Waals surface area contributed by atoms with Gasteiger partial charge < -0.3 is 5.32 Å². The van der Waals surface area contributed by atoms with E-state index in [9.17, 15) is 0 Å². The second kappa shape index (κ2) is 4.51. The number of benzene rings is 1. The van der Waals surface area contributed by atoms with Gasteiger partial charge in [-0.15, -0.1) is 5.10 Å². The lowest BCUT2D eigenvalue weighted by atomic mass is 10.2. The van der Waals surface area contributed by atoms with Crippen LogP contribution in [-0.4, -0.2) is 15.2 Å². The molecule has 0 aliphatic carbocycles. The average Bonchev–Trinajstić information content (AvgIpc) is 2.69. The van der Waals surface area contributed by atoms with Crippen molar-refractivity contribution in [3.63, 3.8) is 0 Å². The highest BCUT2D eigenvalue weighted by atomic mass is 35.5. The van der Waals surface area contributed by atoms with Crippen molar-refractivity contribution in [1.82, 2.24) is 15.2 Å². The number of nitrogens with zero attached hydrogens (tertiary/aromatic N) is 2. The molecular weight excluding hydrogens is 235 g/mol. The number of aromatic amines is 1. The summed E-state index contributed by atoms with van der Waals surface area (Å²) >= 11 is 11.8. The Balaban J connectivity index is 2.05. The minimum absolute atomic E-state index is 0.543. The fourth-order valence-electron chi connectivity index (χ4n) is 1.13. The number of halogens is 2. The molecule has 2 rings (SSSR count). The Morgan fingerprint density at radius 2 is 2.20 bits per heavy atom.